The Labute approximate surface area is 219 Å². The smallest absolute Gasteiger partial charge is 0.326 e. The minimum Gasteiger partial charge on any atom is -0.480 e. The molecule has 1 fully saturated rings. The first-order valence-corrected chi connectivity index (χ1v) is 13.6. The number of nitrogens with zero attached hydrogens (tertiary/aromatic N) is 1. The van der Waals surface area contributed by atoms with Crippen molar-refractivity contribution in [1.29, 1.82) is 0 Å². The van der Waals surface area contributed by atoms with Gasteiger partial charge in [0, 0.05) is 30.1 Å². The van der Waals surface area contributed by atoms with Gasteiger partial charge in [-0.05, 0) is 49.8 Å². The molecule has 37 heavy (non-hydrogen) atoms. The molecular weight excluding hydrogens is 498 g/mol. The third-order valence-corrected chi connectivity index (χ3v) is 7.24. The van der Waals surface area contributed by atoms with E-state index in [0.29, 0.717) is 25.1 Å². The van der Waals surface area contributed by atoms with Gasteiger partial charge in [0.1, 0.15) is 24.2 Å². The third-order valence-electron chi connectivity index (χ3n) is 6.60. The van der Waals surface area contributed by atoms with Crippen LogP contribution < -0.4 is 16.4 Å². The van der Waals surface area contributed by atoms with Gasteiger partial charge in [0.15, 0.2) is 0 Å². The van der Waals surface area contributed by atoms with Gasteiger partial charge in [0.2, 0.25) is 17.7 Å². The first kappa shape index (κ1) is 28.5. The van der Waals surface area contributed by atoms with Crippen molar-refractivity contribution in [3.8, 4) is 0 Å². The van der Waals surface area contributed by atoms with E-state index in [-0.39, 0.29) is 12.8 Å². The summed E-state index contributed by atoms with van der Waals surface area (Å²) in [5.74, 6) is -2.25. The molecule has 0 aliphatic carbocycles. The van der Waals surface area contributed by atoms with E-state index >= 15 is 0 Å². The summed E-state index contributed by atoms with van der Waals surface area (Å²) in [7, 11) is 0. The molecule has 1 aromatic carbocycles. The van der Waals surface area contributed by atoms with E-state index in [4.69, 9.17) is 5.73 Å². The molecule has 2 heterocycles. The van der Waals surface area contributed by atoms with Gasteiger partial charge in [-0.15, -0.1) is 0 Å². The van der Waals surface area contributed by atoms with Crippen molar-refractivity contribution in [3.05, 3.63) is 36.0 Å². The molecule has 2 aromatic rings. The van der Waals surface area contributed by atoms with Crippen LogP contribution >= 0.6 is 11.8 Å². The molecule has 1 aliphatic rings. The van der Waals surface area contributed by atoms with Gasteiger partial charge in [-0.3, -0.25) is 14.4 Å². The lowest BCUT2D eigenvalue weighted by Gasteiger charge is -2.30. The molecule has 3 rings (SSSR count). The third kappa shape index (κ3) is 7.02. The number of aliphatic hydroxyl groups is 1. The summed E-state index contributed by atoms with van der Waals surface area (Å²) in [4.78, 5) is 55.7. The summed E-state index contributed by atoms with van der Waals surface area (Å²) in [5.41, 5.74) is 7.48. The van der Waals surface area contributed by atoms with Crippen molar-refractivity contribution in [1.82, 2.24) is 20.5 Å². The number of amides is 3. The van der Waals surface area contributed by atoms with E-state index in [2.05, 4.69) is 15.6 Å². The first-order valence-electron chi connectivity index (χ1n) is 12.3. The summed E-state index contributed by atoms with van der Waals surface area (Å²) in [6, 6.07) is 3.37. The number of rotatable bonds is 12. The minimum absolute atomic E-state index is 0.136. The number of fused-ring (bicyclic) bond motifs is 1. The van der Waals surface area contributed by atoms with Crippen molar-refractivity contribution in [3.63, 3.8) is 0 Å². The van der Waals surface area contributed by atoms with Gasteiger partial charge >= 0.3 is 5.97 Å². The Morgan fingerprint density at radius 2 is 1.95 bits per heavy atom. The van der Waals surface area contributed by atoms with Crippen LogP contribution in [0, 0.1) is 0 Å². The number of aromatic amines is 1. The molecule has 11 nitrogen and oxygen atoms in total. The number of carbonyl (C=O) groups is 4. The van der Waals surface area contributed by atoms with Crippen molar-refractivity contribution in [2.75, 3.05) is 18.6 Å². The predicted octanol–water partition coefficient (Wildman–Crippen LogP) is 0.217. The number of aliphatic hydroxyl groups excluding tert-OH is 1. The number of nitrogens with two attached hydrogens (primary N) is 1. The molecule has 3 amide bonds. The van der Waals surface area contributed by atoms with Gasteiger partial charge in [0.25, 0.3) is 0 Å². The number of H-pyrrole nitrogens is 1. The van der Waals surface area contributed by atoms with Crippen LogP contribution in [0.25, 0.3) is 10.9 Å². The minimum atomic E-state index is -1.23. The van der Waals surface area contributed by atoms with E-state index in [1.54, 1.807) is 6.20 Å². The molecule has 0 spiro atoms. The number of carbonyl (C=O) groups excluding carboxylic acids is 3. The van der Waals surface area contributed by atoms with Gasteiger partial charge in [-0.2, -0.15) is 11.8 Å². The van der Waals surface area contributed by atoms with E-state index in [1.807, 2.05) is 30.5 Å². The lowest BCUT2D eigenvalue weighted by atomic mass is 10.0. The summed E-state index contributed by atoms with van der Waals surface area (Å²) in [6.07, 6.45) is 3.84. The molecule has 5 atom stereocenters. The summed E-state index contributed by atoms with van der Waals surface area (Å²) < 4.78 is 0. The Morgan fingerprint density at radius 1 is 1.22 bits per heavy atom. The summed E-state index contributed by atoms with van der Waals surface area (Å²) >= 11 is 1.48. The zero-order chi connectivity index (χ0) is 27.1. The zero-order valence-electron chi connectivity index (χ0n) is 21.0. The Hall–Kier alpha value is -3.09. The zero-order valence-corrected chi connectivity index (χ0v) is 21.8. The molecular formula is C25H35N5O6S. The topological polar surface area (TPSA) is 178 Å². The number of aromatic nitrogens is 1. The number of likely N-dealkylation sites (tertiary alicyclic amines) is 1. The predicted molar refractivity (Wildman–Crippen MR) is 141 cm³/mol. The molecule has 0 saturated carbocycles. The van der Waals surface area contributed by atoms with E-state index in [0.717, 1.165) is 16.5 Å². The molecule has 5 unspecified atom stereocenters. The van der Waals surface area contributed by atoms with E-state index in [9.17, 15) is 29.4 Å². The van der Waals surface area contributed by atoms with E-state index < -0.39 is 54.0 Å². The quantitative estimate of drug-likeness (QED) is 0.224. The highest BCUT2D eigenvalue weighted by Gasteiger charge is 2.39. The fourth-order valence-corrected chi connectivity index (χ4v) is 4.94. The molecule has 1 saturated heterocycles. The molecule has 1 aliphatic heterocycles. The standard InChI is InChI=1S/C25H35N5O6S/c1-14(31)21(26)23(33)29-19(12-15-13-27-17-7-4-3-6-16(15)17)24(34)30-10-5-8-20(30)22(32)28-18(25(35)36)9-11-37-2/h3-4,6-7,13-14,18-21,27,31H,5,8-12,26H2,1-2H3,(H,28,32)(H,29,33)(H,35,36). The van der Waals surface area contributed by atoms with Gasteiger partial charge in [0.05, 0.1) is 6.10 Å². The number of para-hydroxylation sites is 1. The van der Waals surface area contributed by atoms with Crippen LogP contribution in [-0.4, -0.2) is 92.6 Å². The number of carboxylic acid groups (broad SMARTS) is 1. The van der Waals surface area contributed by atoms with Gasteiger partial charge in [-0.25, -0.2) is 4.79 Å². The highest BCUT2D eigenvalue weighted by Crippen LogP contribution is 2.23. The molecule has 202 valence electrons. The highest BCUT2D eigenvalue weighted by molar-refractivity contribution is 7.98. The fraction of sp³-hybridized carbons (Fsp3) is 0.520. The number of thioether (sulfide) groups is 1. The molecule has 0 bridgehead atoms. The van der Waals surface area contributed by atoms with Crippen molar-refractivity contribution in [2.45, 2.75) is 62.9 Å². The number of nitrogens with one attached hydrogen (secondary N) is 3. The number of benzene rings is 1. The van der Waals surface area contributed by atoms with Crippen LogP contribution in [0.3, 0.4) is 0 Å². The van der Waals surface area contributed by atoms with Crippen molar-refractivity contribution >= 4 is 46.4 Å². The maximum absolute atomic E-state index is 13.7. The lowest BCUT2D eigenvalue weighted by Crippen LogP contribution is -2.58. The fourth-order valence-electron chi connectivity index (χ4n) is 4.47. The number of hydrogen-bond acceptors (Lipinski definition) is 7. The Bertz CT molecular complexity index is 1120. The first-order chi connectivity index (χ1) is 17.6. The van der Waals surface area contributed by atoms with Crippen LogP contribution in [0.1, 0.15) is 31.7 Å². The van der Waals surface area contributed by atoms with Crippen LogP contribution in [0.4, 0.5) is 0 Å². The normalized spacial score (nSPS) is 18.7. The Balaban J connectivity index is 1.82. The molecule has 0 radical (unpaired) electrons. The monoisotopic (exact) mass is 533 g/mol. The largest absolute Gasteiger partial charge is 0.480 e. The Morgan fingerprint density at radius 3 is 2.62 bits per heavy atom. The number of carboxylic acids is 1. The lowest BCUT2D eigenvalue weighted by molar-refractivity contribution is -0.145. The second-order valence-corrected chi connectivity index (χ2v) is 10.2. The summed E-state index contributed by atoms with van der Waals surface area (Å²) in [5, 5.41) is 25.4. The molecule has 7 N–H and O–H groups in total. The number of hydrogen-bond donors (Lipinski definition) is 6. The van der Waals surface area contributed by atoms with Crippen LogP contribution in [-0.2, 0) is 25.6 Å². The second-order valence-electron chi connectivity index (χ2n) is 9.26. The molecule has 12 heteroatoms. The maximum atomic E-state index is 13.7. The second kappa shape index (κ2) is 12.9. The van der Waals surface area contributed by atoms with Crippen LogP contribution in [0.2, 0.25) is 0 Å². The average molecular weight is 534 g/mol. The highest BCUT2D eigenvalue weighted by atomic mass is 32.2. The van der Waals surface area contributed by atoms with Gasteiger partial charge < -0.3 is 36.5 Å². The summed E-state index contributed by atoms with van der Waals surface area (Å²) in [6.45, 7) is 1.68. The van der Waals surface area contributed by atoms with Crippen LogP contribution in [0.15, 0.2) is 30.5 Å². The molecule has 1 aromatic heterocycles. The van der Waals surface area contributed by atoms with Gasteiger partial charge in [-0.1, -0.05) is 18.2 Å². The van der Waals surface area contributed by atoms with E-state index in [1.165, 1.54) is 23.6 Å². The maximum Gasteiger partial charge on any atom is 0.326 e. The number of aliphatic carboxylic acids is 1. The van der Waals surface area contributed by atoms with Crippen LogP contribution in [0.5, 0.6) is 0 Å². The Kier molecular flexibility index (Phi) is 9.95. The SMILES string of the molecule is CSCCC(NC(=O)C1CCCN1C(=O)C(Cc1c[nH]c2ccccc12)NC(=O)C(N)C(C)O)C(=O)O. The average Bonchev–Trinajstić information content (AvgIpc) is 3.52. The van der Waals surface area contributed by atoms with Crippen molar-refractivity contribution in [2.24, 2.45) is 5.73 Å². The van der Waals surface area contributed by atoms with Crippen molar-refractivity contribution < 1.29 is 29.4 Å².